The molecule has 1 atom stereocenters. The summed E-state index contributed by atoms with van der Waals surface area (Å²) in [5.74, 6) is 0.709. The number of rotatable bonds is 10. The third-order valence-electron chi connectivity index (χ3n) is 2.21. The molecule has 15 heavy (non-hydrogen) atoms. The van der Waals surface area contributed by atoms with E-state index in [1.54, 1.807) is 0 Å². The van der Waals surface area contributed by atoms with Gasteiger partial charge in [-0.25, -0.2) is 0 Å². The monoisotopic (exact) mass is 213 g/mol. The highest BCUT2D eigenvalue weighted by atomic mass is 16.5. The Labute approximate surface area is 95.1 Å². The minimum atomic E-state index is 0.369. The first-order valence-corrected chi connectivity index (χ1v) is 6.13. The Morgan fingerprint density at radius 1 is 1.33 bits per heavy atom. The summed E-state index contributed by atoms with van der Waals surface area (Å²) in [5, 5.41) is 3.45. The van der Waals surface area contributed by atoms with Gasteiger partial charge in [0.1, 0.15) is 0 Å². The number of hydrogen-bond acceptors (Lipinski definition) is 2. The minimum absolute atomic E-state index is 0.369. The van der Waals surface area contributed by atoms with Crippen LogP contribution in [0.25, 0.3) is 0 Å². The molecule has 2 heteroatoms. The molecule has 0 aliphatic heterocycles. The summed E-state index contributed by atoms with van der Waals surface area (Å²) >= 11 is 0. The van der Waals surface area contributed by atoms with E-state index in [1.165, 1.54) is 6.42 Å². The lowest BCUT2D eigenvalue weighted by Gasteiger charge is -2.18. The van der Waals surface area contributed by atoms with Crippen LogP contribution in [0.3, 0.4) is 0 Å². The highest BCUT2D eigenvalue weighted by molar-refractivity contribution is 4.67. The Balaban J connectivity index is 3.57. The van der Waals surface area contributed by atoms with Crippen LogP contribution >= 0.6 is 0 Å². The Morgan fingerprint density at radius 3 is 2.60 bits per heavy atom. The molecule has 0 aromatic carbocycles. The van der Waals surface area contributed by atoms with Crippen molar-refractivity contribution in [2.45, 2.75) is 46.1 Å². The Kier molecular flexibility index (Phi) is 9.96. The van der Waals surface area contributed by atoms with Crippen molar-refractivity contribution in [1.29, 1.82) is 0 Å². The van der Waals surface area contributed by atoms with E-state index in [0.717, 1.165) is 32.5 Å². The molecule has 0 aliphatic rings. The van der Waals surface area contributed by atoms with Gasteiger partial charge < -0.3 is 10.1 Å². The van der Waals surface area contributed by atoms with Gasteiger partial charge in [0.05, 0.1) is 12.7 Å². The first-order valence-electron chi connectivity index (χ1n) is 6.13. The molecule has 0 saturated heterocycles. The second-order valence-electron chi connectivity index (χ2n) is 4.41. The summed E-state index contributed by atoms with van der Waals surface area (Å²) in [6, 6.07) is 0. The van der Waals surface area contributed by atoms with Gasteiger partial charge in [-0.2, -0.15) is 0 Å². The van der Waals surface area contributed by atoms with Crippen molar-refractivity contribution in [2.75, 3.05) is 19.7 Å². The van der Waals surface area contributed by atoms with E-state index in [1.807, 2.05) is 6.08 Å². The van der Waals surface area contributed by atoms with Crippen molar-refractivity contribution >= 4 is 0 Å². The van der Waals surface area contributed by atoms with E-state index in [2.05, 4.69) is 32.7 Å². The highest BCUT2D eigenvalue weighted by Crippen LogP contribution is 2.02. The molecule has 0 aromatic heterocycles. The molecule has 0 rings (SSSR count). The highest BCUT2D eigenvalue weighted by Gasteiger charge is 2.07. The molecular formula is C13H27NO. The summed E-state index contributed by atoms with van der Waals surface area (Å²) < 4.78 is 5.77. The van der Waals surface area contributed by atoms with E-state index >= 15 is 0 Å². The zero-order valence-electron chi connectivity index (χ0n) is 10.6. The van der Waals surface area contributed by atoms with E-state index in [0.29, 0.717) is 12.0 Å². The second kappa shape index (κ2) is 10.2. The lowest BCUT2D eigenvalue weighted by atomic mass is 10.2. The van der Waals surface area contributed by atoms with E-state index in [9.17, 15) is 0 Å². The number of ether oxygens (including phenoxy) is 1. The zero-order chi connectivity index (χ0) is 11.5. The summed E-state index contributed by atoms with van der Waals surface area (Å²) in [4.78, 5) is 0. The van der Waals surface area contributed by atoms with Crippen molar-refractivity contribution in [1.82, 2.24) is 5.32 Å². The van der Waals surface area contributed by atoms with Crippen LogP contribution in [0.5, 0.6) is 0 Å². The van der Waals surface area contributed by atoms with Gasteiger partial charge in [0.15, 0.2) is 0 Å². The van der Waals surface area contributed by atoms with Crippen LogP contribution in [0.2, 0.25) is 0 Å². The van der Waals surface area contributed by atoms with Crippen LogP contribution in [0.4, 0.5) is 0 Å². The third kappa shape index (κ3) is 9.95. The molecule has 0 heterocycles. The summed E-state index contributed by atoms with van der Waals surface area (Å²) in [6.07, 6.45) is 5.55. The maximum absolute atomic E-state index is 5.77. The molecule has 0 amide bonds. The summed E-state index contributed by atoms with van der Waals surface area (Å²) in [5.41, 5.74) is 0. The fourth-order valence-corrected chi connectivity index (χ4v) is 1.42. The molecule has 0 aromatic rings. The Bertz CT molecular complexity index is 145. The summed E-state index contributed by atoms with van der Waals surface area (Å²) in [6.45, 7) is 13.2. The maximum atomic E-state index is 5.77. The van der Waals surface area contributed by atoms with Gasteiger partial charge in [0.25, 0.3) is 0 Å². The van der Waals surface area contributed by atoms with Crippen LogP contribution in [0.15, 0.2) is 12.7 Å². The fourth-order valence-electron chi connectivity index (χ4n) is 1.42. The van der Waals surface area contributed by atoms with Crippen LogP contribution in [0.1, 0.15) is 40.0 Å². The average molecular weight is 213 g/mol. The van der Waals surface area contributed by atoms with Gasteiger partial charge in [-0.05, 0) is 25.3 Å². The molecule has 0 radical (unpaired) electrons. The van der Waals surface area contributed by atoms with Gasteiger partial charge >= 0.3 is 0 Å². The van der Waals surface area contributed by atoms with Crippen molar-refractivity contribution in [3.8, 4) is 0 Å². The van der Waals surface area contributed by atoms with Crippen molar-refractivity contribution in [2.24, 2.45) is 5.92 Å². The molecule has 0 fully saturated rings. The van der Waals surface area contributed by atoms with Crippen molar-refractivity contribution in [3.05, 3.63) is 12.7 Å². The van der Waals surface area contributed by atoms with Crippen LogP contribution in [0, 0.1) is 5.92 Å². The number of hydrogen-bond donors (Lipinski definition) is 1. The third-order valence-corrected chi connectivity index (χ3v) is 2.21. The normalized spacial score (nSPS) is 13.1. The van der Waals surface area contributed by atoms with Crippen molar-refractivity contribution in [3.63, 3.8) is 0 Å². The Hall–Kier alpha value is -0.340. The largest absolute Gasteiger partial charge is 0.377 e. The minimum Gasteiger partial charge on any atom is -0.377 e. The molecule has 2 nitrogen and oxygen atoms in total. The second-order valence-corrected chi connectivity index (χ2v) is 4.41. The van der Waals surface area contributed by atoms with Crippen LogP contribution in [-0.2, 0) is 4.74 Å². The maximum Gasteiger partial charge on any atom is 0.0699 e. The number of nitrogens with one attached hydrogen (secondary N) is 1. The smallest absolute Gasteiger partial charge is 0.0699 e. The Morgan fingerprint density at radius 2 is 2.07 bits per heavy atom. The first-order chi connectivity index (χ1) is 7.20. The van der Waals surface area contributed by atoms with Gasteiger partial charge in [-0.3, -0.25) is 0 Å². The topological polar surface area (TPSA) is 21.3 Å². The summed E-state index contributed by atoms with van der Waals surface area (Å²) in [7, 11) is 0. The molecule has 0 spiro atoms. The SMILES string of the molecule is C=CCCOC(CCC)CNCC(C)C. The first kappa shape index (κ1) is 14.7. The molecular weight excluding hydrogens is 186 g/mol. The molecule has 90 valence electrons. The zero-order valence-corrected chi connectivity index (χ0v) is 10.6. The predicted octanol–water partition coefficient (Wildman–Crippen LogP) is 2.99. The predicted molar refractivity (Wildman–Crippen MR) is 67.2 cm³/mol. The van der Waals surface area contributed by atoms with Crippen LogP contribution in [-0.4, -0.2) is 25.8 Å². The molecule has 1 unspecified atom stereocenters. The van der Waals surface area contributed by atoms with Crippen molar-refractivity contribution < 1.29 is 4.74 Å². The lowest BCUT2D eigenvalue weighted by Crippen LogP contribution is -2.31. The van der Waals surface area contributed by atoms with E-state index < -0.39 is 0 Å². The van der Waals surface area contributed by atoms with Crippen LogP contribution < -0.4 is 5.32 Å². The van der Waals surface area contributed by atoms with Gasteiger partial charge in [0.2, 0.25) is 0 Å². The molecule has 1 N–H and O–H groups in total. The standard InChI is InChI=1S/C13H27NO/c1-5-7-9-15-13(8-6-2)11-14-10-12(3)4/h5,12-14H,1,6-11H2,2-4H3. The quantitative estimate of drug-likeness (QED) is 0.445. The van der Waals surface area contributed by atoms with Gasteiger partial charge in [-0.15, -0.1) is 6.58 Å². The van der Waals surface area contributed by atoms with Gasteiger partial charge in [-0.1, -0.05) is 33.3 Å². The van der Waals surface area contributed by atoms with Gasteiger partial charge in [0, 0.05) is 6.54 Å². The average Bonchev–Trinajstić information content (AvgIpc) is 2.17. The lowest BCUT2D eigenvalue weighted by molar-refractivity contribution is 0.0498. The van der Waals surface area contributed by atoms with E-state index in [-0.39, 0.29) is 0 Å². The van der Waals surface area contributed by atoms with E-state index in [4.69, 9.17) is 4.74 Å². The molecule has 0 saturated carbocycles. The molecule has 0 aliphatic carbocycles. The fraction of sp³-hybridized carbons (Fsp3) is 0.846. The molecule has 0 bridgehead atoms.